The fraction of sp³-hybridized carbons (Fsp3) is 0.581. The van der Waals surface area contributed by atoms with Crippen molar-refractivity contribution in [2.24, 2.45) is 11.7 Å². The Hall–Kier alpha value is -5.06. The van der Waals surface area contributed by atoms with Crippen molar-refractivity contribution in [1.29, 1.82) is 0 Å². The van der Waals surface area contributed by atoms with Gasteiger partial charge in [-0.05, 0) is 101 Å². The van der Waals surface area contributed by atoms with Gasteiger partial charge < -0.3 is 52.2 Å². The molecule has 16 nitrogen and oxygen atoms in total. The lowest BCUT2D eigenvalue weighted by Gasteiger charge is -2.28. The van der Waals surface area contributed by atoms with Crippen LogP contribution in [0.15, 0.2) is 48.5 Å². The third-order valence-corrected chi connectivity index (χ3v) is 9.56. The van der Waals surface area contributed by atoms with Crippen molar-refractivity contribution in [2.45, 2.75) is 135 Å². The predicted molar refractivity (Wildman–Crippen MR) is 224 cm³/mol. The van der Waals surface area contributed by atoms with Gasteiger partial charge >= 0.3 is 12.1 Å². The molecule has 1 fully saturated rings. The number of rotatable bonds is 22. The SMILES string of the molecule is CCCCc1ccc(-c2ccc(C(=O)N[C@@H]3CN[C@H](C(=O)N[C@H](C(=O)N[C@@H](N)C(=O)N[C@@H](CCCCNC(=O)OC(C)(C)C)C(=O)O)[C@@H](C)OCC(C)C)C3)cc2)cc1. The van der Waals surface area contributed by atoms with Crippen LogP contribution >= 0.6 is 0 Å². The maximum atomic E-state index is 13.5. The molecule has 3 rings (SSSR count). The molecule has 0 aromatic heterocycles. The second kappa shape index (κ2) is 23.5. The van der Waals surface area contributed by atoms with E-state index in [0.717, 1.165) is 30.4 Å². The second-order valence-corrected chi connectivity index (χ2v) is 16.5. The van der Waals surface area contributed by atoms with E-state index < -0.39 is 65.8 Å². The number of carbonyl (C=O) groups excluding carboxylic acids is 5. The molecule has 5 amide bonds. The Labute approximate surface area is 347 Å². The van der Waals surface area contributed by atoms with Crippen LogP contribution in [0.2, 0.25) is 0 Å². The first kappa shape index (κ1) is 48.3. The number of aliphatic carboxylic acids is 1. The number of nitrogens with one attached hydrogen (secondary N) is 6. The number of hydrogen-bond donors (Lipinski definition) is 8. The van der Waals surface area contributed by atoms with Gasteiger partial charge in [-0.25, -0.2) is 9.59 Å². The van der Waals surface area contributed by atoms with Crippen molar-refractivity contribution in [3.8, 4) is 11.1 Å². The molecule has 2 aromatic rings. The lowest BCUT2D eigenvalue weighted by Crippen LogP contribution is -2.62. The van der Waals surface area contributed by atoms with Crippen LogP contribution in [0.1, 0.15) is 103 Å². The number of unbranched alkanes of at least 4 members (excludes halogenated alkanes) is 2. The number of carbonyl (C=O) groups is 6. The number of aryl methyl sites for hydroxylation is 1. The third-order valence-electron chi connectivity index (χ3n) is 9.56. The van der Waals surface area contributed by atoms with E-state index in [1.807, 2.05) is 26.0 Å². The van der Waals surface area contributed by atoms with Crippen molar-refractivity contribution in [1.82, 2.24) is 31.9 Å². The molecule has 16 heteroatoms. The Morgan fingerprint density at radius 3 is 2.12 bits per heavy atom. The molecule has 2 aromatic carbocycles. The van der Waals surface area contributed by atoms with Gasteiger partial charge in [0.1, 0.15) is 17.7 Å². The van der Waals surface area contributed by atoms with Crippen LogP contribution in [-0.4, -0.2) is 103 Å². The topological polar surface area (TPSA) is 239 Å². The number of carboxylic acids is 1. The summed E-state index contributed by atoms with van der Waals surface area (Å²) in [6.07, 6.45) is 1.31. The minimum atomic E-state index is -1.65. The molecule has 1 aliphatic heterocycles. The quantitative estimate of drug-likeness (QED) is 0.0633. The first-order chi connectivity index (χ1) is 27.9. The largest absolute Gasteiger partial charge is 0.480 e. The smallest absolute Gasteiger partial charge is 0.407 e. The maximum Gasteiger partial charge on any atom is 0.407 e. The molecule has 59 heavy (non-hydrogen) atoms. The highest BCUT2D eigenvalue weighted by atomic mass is 16.6. The number of ether oxygens (including phenoxy) is 2. The first-order valence-corrected chi connectivity index (χ1v) is 20.6. The molecular formula is C43H65N7O9. The summed E-state index contributed by atoms with van der Waals surface area (Å²) in [5.41, 5.74) is 9.19. The van der Waals surface area contributed by atoms with Crippen LogP contribution < -0.4 is 37.6 Å². The van der Waals surface area contributed by atoms with Crippen LogP contribution in [0.3, 0.4) is 0 Å². The molecule has 0 unspecified atom stereocenters. The summed E-state index contributed by atoms with van der Waals surface area (Å²) in [7, 11) is 0. The maximum absolute atomic E-state index is 13.5. The molecule has 0 aliphatic carbocycles. The zero-order valence-corrected chi connectivity index (χ0v) is 35.5. The molecule has 0 radical (unpaired) electrons. The Morgan fingerprint density at radius 2 is 1.53 bits per heavy atom. The summed E-state index contributed by atoms with van der Waals surface area (Å²) in [6.45, 7) is 13.7. The van der Waals surface area contributed by atoms with Crippen LogP contribution in [-0.2, 0) is 35.1 Å². The van der Waals surface area contributed by atoms with Gasteiger partial charge in [0.05, 0.1) is 12.1 Å². The molecule has 0 spiro atoms. The molecule has 9 N–H and O–H groups in total. The molecule has 1 heterocycles. The molecule has 0 bridgehead atoms. The zero-order valence-electron chi connectivity index (χ0n) is 35.5. The van der Waals surface area contributed by atoms with Crippen molar-refractivity contribution >= 4 is 35.7 Å². The Kier molecular flexibility index (Phi) is 19.3. The second-order valence-electron chi connectivity index (χ2n) is 16.5. The van der Waals surface area contributed by atoms with Crippen molar-refractivity contribution < 1.29 is 43.3 Å². The zero-order chi connectivity index (χ0) is 43.7. The molecule has 1 aliphatic rings. The summed E-state index contributed by atoms with van der Waals surface area (Å²) in [5.74, 6) is -3.73. The van der Waals surface area contributed by atoms with E-state index in [1.165, 1.54) is 5.56 Å². The molecule has 6 atom stereocenters. The monoisotopic (exact) mass is 823 g/mol. The highest BCUT2D eigenvalue weighted by molar-refractivity contribution is 5.96. The number of amides is 5. The summed E-state index contributed by atoms with van der Waals surface area (Å²) in [4.78, 5) is 76.9. The number of benzene rings is 2. The standard InChI is InChI=1S/C43H65N7O9/c1-8-9-12-28-14-16-29(17-15-28)30-18-20-31(21-19-30)37(51)47-32-23-34(46-24-32)38(52)49-35(27(4)58-25-26(2)3)39(53)50-36(44)40(54)48-33(41(55)56)13-10-11-22-45-42(57)59-43(5,6)7/h14-21,26-27,32-36,46H,8-13,22-25,44H2,1-7H3,(H,45,57)(H,47,51)(H,48,54)(H,49,52)(H,50,53)(H,55,56)/t27-,32+,33+,34+,35+,36-/m1/s1. The molecular weight excluding hydrogens is 759 g/mol. The van der Waals surface area contributed by atoms with Crippen molar-refractivity contribution in [2.75, 3.05) is 19.7 Å². The summed E-state index contributed by atoms with van der Waals surface area (Å²) >= 11 is 0. The van der Waals surface area contributed by atoms with E-state index >= 15 is 0 Å². The van der Waals surface area contributed by atoms with E-state index in [-0.39, 0.29) is 43.9 Å². The highest BCUT2D eigenvalue weighted by Gasteiger charge is 2.36. The van der Waals surface area contributed by atoms with E-state index in [4.69, 9.17) is 15.2 Å². The summed E-state index contributed by atoms with van der Waals surface area (Å²) in [6, 6.07) is 12.1. The van der Waals surface area contributed by atoms with E-state index in [9.17, 15) is 33.9 Å². The summed E-state index contributed by atoms with van der Waals surface area (Å²) < 4.78 is 11.0. The van der Waals surface area contributed by atoms with Gasteiger partial charge in [0.25, 0.3) is 11.8 Å². The van der Waals surface area contributed by atoms with Crippen LogP contribution in [0.4, 0.5) is 4.79 Å². The third kappa shape index (κ3) is 17.0. The predicted octanol–water partition coefficient (Wildman–Crippen LogP) is 3.37. The number of nitrogens with two attached hydrogens (primary N) is 1. The van der Waals surface area contributed by atoms with Gasteiger partial charge in [0.15, 0.2) is 6.17 Å². The Morgan fingerprint density at radius 1 is 0.881 bits per heavy atom. The molecule has 326 valence electrons. The van der Waals surface area contributed by atoms with E-state index in [2.05, 4.69) is 63.1 Å². The number of alkyl carbamates (subject to hydrolysis) is 1. The van der Waals surface area contributed by atoms with Crippen molar-refractivity contribution in [3.63, 3.8) is 0 Å². The first-order valence-electron chi connectivity index (χ1n) is 20.6. The van der Waals surface area contributed by atoms with Crippen molar-refractivity contribution in [3.05, 3.63) is 59.7 Å². The Bertz CT molecular complexity index is 1700. The lowest BCUT2D eigenvalue weighted by molar-refractivity contribution is -0.142. The van der Waals surface area contributed by atoms with Gasteiger partial charge in [-0.2, -0.15) is 0 Å². The highest BCUT2D eigenvalue weighted by Crippen LogP contribution is 2.21. The number of hydrogen-bond acceptors (Lipinski definition) is 10. The van der Waals surface area contributed by atoms with Gasteiger partial charge in [0.2, 0.25) is 11.8 Å². The van der Waals surface area contributed by atoms with Crippen LogP contribution in [0.25, 0.3) is 11.1 Å². The average Bonchev–Trinajstić information content (AvgIpc) is 3.65. The van der Waals surface area contributed by atoms with E-state index in [0.29, 0.717) is 24.9 Å². The Balaban J connectivity index is 1.54. The minimum Gasteiger partial charge on any atom is -0.480 e. The van der Waals surface area contributed by atoms with Gasteiger partial charge in [-0.15, -0.1) is 0 Å². The lowest BCUT2D eigenvalue weighted by atomic mass is 10.0. The van der Waals surface area contributed by atoms with Gasteiger partial charge in [0, 0.05) is 31.3 Å². The fourth-order valence-electron chi connectivity index (χ4n) is 6.27. The van der Waals surface area contributed by atoms with Crippen LogP contribution in [0, 0.1) is 5.92 Å². The molecule has 1 saturated heterocycles. The summed E-state index contributed by atoms with van der Waals surface area (Å²) in [5, 5.41) is 25.8. The fourth-order valence-corrected chi connectivity index (χ4v) is 6.27. The van der Waals surface area contributed by atoms with Gasteiger partial charge in [-0.3, -0.25) is 19.2 Å². The normalized spacial score (nSPS) is 17.2. The van der Waals surface area contributed by atoms with Gasteiger partial charge in [-0.1, -0.05) is 63.6 Å². The average molecular weight is 824 g/mol. The molecule has 0 saturated carbocycles. The van der Waals surface area contributed by atoms with Crippen LogP contribution in [0.5, 0.6) is 0 Å². The minimum absolute atomic E-state index is 0.0345. The van der Waals surface area contributed by atoms with E-state index in [1.54, 1.807) is 39.8 Å². The number of carboxylic acid groups (broad SMARTS) is 1.